The van der Waals surface area contributed by atoms with Crippen LogP contribution in [0.25, 0.3) is 11.3 Å². The van der Waals surface area contributed by atoms with E-state index in [1.54, 1.807) is 13.0 Å². The van der Waals surface area contributed by atoms with Crippen molar-refractivity contribution in [2.75, 3.05) is 13.1 Å². The second-order valence-electron chi connectivity index (χ2n) is 6.65. The second-order valence-corrected chi connectivity index (χ2v) is 7.06. The van der Waals surface area contributed by atoms with Crippen LogP contribution in [0, 0.1) is 12.7 Å². The van der Waals surface area contributed by atoms with Crippen LogP contribution in [0.4, 0.5) is 4.39 Å². The largest absolute Gasteiger partial charge is 0.360 e. The number of rotatable bonds is 2. The Bertz CT molecular complexity index is 788. The molecule has 2 aromatic rings. The molecule has 1 aromatic carbocycles. The number of aryl methyl sites for hydroxylation is 1. The minimum atomic E-state index is -0.518. The van der Waals surface area contributed by atoms with E-state index in [1.807, 2.05) is 4.90 Å². The van der Waals surface area contributed by atoms with Gasteiger partial charge in [0.25, 0.3) is 5.91 Å². The van der Waals surface area contributed by atoms with Gasteiger partial charge < -0.3 is 14.7 Å². The van der Waals surface area contributed by atoms with Gasteiger partial charge in [-0.05, 0) is 44.9 Å². The van der Waals surface area contributed by atoms with Gasteiger partial charge in [-0.15, -0.1) is 0 Å². The predicted molar refractivity (Wildman–Crippen MR) is 92.1 cm³/mol. The van der Waals surface area contributed by atoms with E-state index in [4.69, 9.17) is 16.1 Å². The summed E-state index contributed by atoms with van der Waals surface area (Å²) in [6.45, 7) is 3.36. The first kappa shape index (κ1) is 16.5. The Labute approximate surface area is 150 Å². The van der Waals surface area contributed by atoms with Crippen LogP contribution in [0.5, 0.6) is 0 Å². The molecule has 25 heavy (non-hydrogen) atoms. The van der Waals surface area contributed by atoms with Crippen molar-refractivity contribution in [1.82, 2.24) is 15.4 Å². The zero-order chi connectivity index (χ0) is 17.6. The maximum absolute atomic E-state index is 14.4. The monoisotopic (exact) mass is 363 g/mol. The Balaban J connectivity index is 1.79. The van der Waals surface area contributed by atoms with Crippen molar-refractivity contribution in [2.24, 2.45) is 0 Å². The van der Waals surface area contributed by atoms with Crippen LogP contribution in [0.3, 0.4) is 0 Å². The van der Waals surface area contributed by atoms with Crippen LogP contribution in [0.15, 0.2) is 22.7 Å². The zero-order valence-electron chi connectivity index (χ0n) is 13.9. The molecule has 7 heteroatoms. The number of carbonyl (C=O) groups excluding carboxylic acids is 1. The van der Waals surface area contributed by atoms with E-state index in [-0.39, 0.29) is 34.3 Å². The van der Waals surface area contributed by atoms with Crippen molar-refractivity contribution in [2.45, 2.75) is 38.3 Å². The molecule has 0 aliphatic carbocycles. The van der Waals surface area contributed by atoms with Gasteiger partial charge in [0.2, 0.25) is 0 Å². The molecule has 0 saturated carbocycles. The van der Waals surface area contributed by atoms with Crippen LogP contribution in [-0.4, -0.2) is 41.1 Å². The Morgan fingerprint density at radius 1 is 1.36 bits per heavy atom. The van der Waals surface area contributed by atoms with Gasteiger partial charge in [-0.2, -0.15) is 0 Å². The molecule has 5 nitrogen and oxygen atoms in total. The quantitative estimate of drug-likeness (QED) is 0.888. The molecule has 2 aliphatic heterocycles. The first-order valence-corrected chi connectivity index (χ1v) is 8.89. The molecule has 132 valence electrons. The third kappa shape index (κ3) is 2.73. The van der Waals surface area contributed by atoms with E-state index in [2.05, 4.69) is 10.5 Å². The maximum atomic E-state index is 14.4. The van der Waals surface area contributed by atoms with Gasteiger partial charge >= 0.3 is 0 Å². The molecule has 1 amide bonds. The normalized spacial score (nSPS) is 22.9. The zero-order valence-corrected chi connectivity index (χ0v) is 14.6. The maximum Gasteiger partial charge on any atom is 0.260 e. The molecule has 1 aromatic heterocycles. The molecule has 2 fully saturated rings. The molecule has 4 rings (SSSR count). The van der Waals surface area contributed by atoms with Crippen molar-refractivity contribution < 1.29 is 13.7 Å². The van der Waals surface area contributed by atoms with Crippen molar-refractivity contribution in [3.05, 3.63) is 40.4 Å². The molecule has 3 heterocycles. The number of benzene rings is 1. The summed E-state index contributed by atoms with van der Waals surface area (Å²) < 4.78 is 19.6. The van der Waals surface area contributed by atoms with E-state index < -0.39 is 5.82 Å². The first-order valence-electron chi connectivity index (χ1n) is 8.52. The predicted octanol–water partition coefficient (Wildman–Crippen LogP) is 3.41. The number of aromatic nitrogens is 1. The lowest BCUT2D eigenvalue weighted by Gasteiger charge is -2.28. The molecule has 2 aliphatic rings. The van der Waals surface area contributed by atoms with Gasteiger partial charge in [0.15, 0.2) is 0 Å². The van der Waals surface area contributed by atoms with Crippen molar-refractivity contribution in [1.29, 1.82) is 0 Å². The van der Waals surface area contributed by atoms with E-state index in [0.29, 0.717) is 11.3 Å². The highest BCUT2D eigenvalue weighted by atomic mass is 35.5. The summed E-state index contributed by atoms with van der Waals surface area (Å²) in [5.74, 6) is -0.282. The Morgan fingerprint density at radius 2 is 2.16 bits per heavy atom. The van der Waals surface area contributed by atoms with Crippen LogP contribution in [-0.2, 0) is 0 Å². The lowest BCUT2D eigenvalue weighted by molar-refractivity contribution is 0.0679. The summed E-state index contributed by atoms with van der Waals surface area (Å²) in [7, 11) is 0. The van der Waals surface area contributed by atoms with Crippen LogP contribution >= 0.6 is 11.6 Å². The van der Waals surface area contributed by atoms with Gasteiger partial charge in [0, 0.05) is 18.6 Å². The number of hydrogen-bond donors (Lipinski definition) is 1. The minimum absolute atomic E-state index is 0.115. The third-order valence-electron chi connectivity index (χ3n) is 5.16. The molecule has 0 radical (unpaired) electrons. The number of carbonyl (C=O) groups is 1. The highest BCUT2D eigenvalue weighted by Gasteiger charge is 2.40. The average Bonchev–Trinajstić information content (AvgIpc) is 3.05. The number of hydrogen-bond acceptors (Lipinski definition) is 4. The molecular formula is C18H19ClFN3O2. The van der Waals surface area contributed by atoms with Crippen LogP contribution in [0.2, 0.25) is 5.02 Å². The van der Waals surface area contributed by atoms with E-state index >= 15 is 0 Å². The highest BCUT2D eigenvalue weighted by Crippen LogP contribution is 2.36. The number of amides is 1. The lowest BCUT2D eigenvalue weighted by Crippen LogP contribution is -2.42. The fourth-order valence-corrected chi connectivity index (χ4v) is 4.21. The first-order chi connectivity index (χ1) is 12.1. The van der Waals surface area contributed by atoms with Crippen LogP contribution in [0.1, 0.15) is 35.4 Å². The van der Waals surface area contributed by atoms with E-state index in [0.717, 1.165) is 32.4 Å². The van der Waals surface area contributed by atoms with Gasteiger partial charge in [0.1, 0.15) is 22.8 Å². The molecule has 2 bridgehead atoms. The Hall–Kier alpha value is -1.92. The van der Waals surface area contributed by atoms with Gasteiger partial charge in [0.05, 0.1) is 10.6 Å². The standard InChI is InChI=1S/C18H19ClFN3O2/c1-10-15(17(22-25-10)16-13(19)3-2-4-14(16)20)18(24)23-11-5-6-12(23)9-21-8-7-11/h2-4,11-12,21H,5-9H2,1H3. The topological polar surface area (TPSA) is 58.4 Å². The van der Waals surface area contributed by atoms with Crippen molar-refractivity contribution >= 4 is 17.5 Å². The number of nitrogens with zero attached hydrogens (tertiary/aromatic N) is 2. The van der Waals surface area contributed by atoms with Crippen LogP contribution < -0.4 is 5.32 Å². The lowest BCUT2D eigenvalue weighted by atomic mass is 10.0. The van der Waals surface area contributed by atoms with Gasteiger partial charge in [-0.1, -0.05) is 22.8 Å². The van der Waals surface area contributed by atoms with E-state index in [1.165, 1.54) is 12.1 Å². The second kappa shape index (κ2) is 6.42. The fraction of sp³-hybridized carbons (Fsp3) is 0.444. The Morgan fingerprint density at radius 3 is 2.96 bits per heavy atom. The number of nitrogens with one attached hydrogen (secondary N) is 1. The molecule has 2 saturated heterocycles. The summed E-state index contributed by atoms with van der Waals surface area (Å²) in [6, 6.07) is 4.76. The number of halogens is 2. The smallest absolute Gasteiger partial charge is 0.260 e. The highest BCUT2D eigenvalue weighted by molar-refractivity contribution is 6.33. The molecule has 1 N–H and O–H groups in total. The summed E-state index contributed by atoms with van der Waals surface area (Å²) >= 11 is 6.17. The van der Waals surface area contributed by atoms with Crippen molar-refractivity contribution in [3.63, 3.8) is 0 Å². The molecule has 2 atom stereocenters. The number of fused-ring (bicyclic) bond motifs is 2. The summed E-state index contributed by atoms with van der Waals surface area (Å²) in [4.78, 5) is 15.3. The summed E-state index contributed by atoms with van der Waals surface area (Å²) in [5.41, 5.74) is 0.609. The minimum Gasteiger partial charge on any atom is -0.360 e. The average molecular weight is 364 g/mol. The summed E-state index contributed by atoms with van der Waals surface area (Å²) in [6.07, 6.45) is 2.89. The molecule has 2 unspecified atom stereocenters. The SMILES string of the molecule is Cc1onc(-c2c(F)cccc2Cl)c1C(=O)N1C2CCNCC1CC2. The Kier molecular flexibility index (Phi) is 4.25. The fourth-order valence-electron chi connectivity index (χ4n) is 3.96. The molecule has 0 spiro atoms. The van der Waals surface area contributed by atoms with Gasteiger partial charge in [-0.25, -0.2) is 4.39 Å². The summed E-state index contributed by atoms with van der Waals surface area (Å²) in [5, 5.41) is 7.54. The van der Waals surface area contributed by atoms with Crippen molar-refractivity contribution in [3.8, 4) is 11.3 Å². The third-order valence-corrected chi connectivity index (χ3v) is 5.48. The molecular weight excluding hydrogens is 345 g/mol. The van der Waals surface area contributed by atoms with E-state index in [9.17, 15) is 9.18 Å². The van der Waals surface area contributed by atoms with Gasteiger partial charge in [-0.3, -0.25) is 4.79 Å².